The van der Waals surface area contributed by atoms with Crippen LogP contribution in [0.15, 0.2) is 0 Å². The Kier molecular flexibility index (Phi) is 3.56. The van der Waals surface area contributed by atoms with Gasteiger partial charge in [-0.05, 0) is 39.2 Å². The van der Waals surface area contributed by atoms with E-state index in [1.54, 1.807) is 0 Å². The molecule has 3 aliphatic rings. The van der Waals surface area contributed by atoms with Crippen LogP contribution in [-0.2, 0) is 4.79 Å². The molecule has 4 heteroatoms. The van der Waals surface area contributed by atoms with E-state index >= 15 is 0 Å². The molecule has 19 heavy (non-hydrogen) atoms. The molecule has 3 rings (SSSR count). The number of nitrogens with two attached hydrogens (primary N) is 1. The summed E-state index contributed by atoms with van der Waals surface area (Å²) < 4.78 is 0. The van der Waals surface area contributed by atoms with Crippen LogP contribution in [0.4, 0.5) is 0 Å². The Bertz CT molecular complexity index is 351. The fraction of sp³-hybridized carbons (Fsp3) is 0.933. The van der Waals surface area contributed by atoms with Gasteiger partial charge in [0.05, 0.1) is 5.54 Å². The summed E-state index contributed by atoms with van der Waals surface area (Å²) in [5.74, 6) is 0.230. The number of hydrogen-bond acceptors (Lipinski definition) is 3. The lowest BCUT2D eigenvalue weighted by atomic mass is 9.81. The van der Waals surface area contributed by atoms with Crippen LogP contribution in [0.25, 0.3) is 0 Å². The fourth-order valence-electron chi connectivity index (χ4n) is 4.20. The van der Waals surface area contributed by atoms with E-state index in [2.05, 4.69) is 16.8 Å². The molecule has 0 radical (unpaired) electrons. The van der Waals surface area contributed by atoms with Crippen LogP contribution in [-0.4, -0.2) is 53.5 Å². The van der Waals surface area contributed by atoms with Gasteiger partial charge in [-0.1, -0.05) is 19.3 Å². The van der Waals surface area contributed by atoms with Gasteiger partial charge in [-0.25, -0.2) is 0 Å². The van der Waals surface area contributed by atoms with Crippen LogP contribution >= 0.6 is 0 Å². The molecule has 1 amide bonds. The first-order chi connectivity index (χ1) is 9.10. The molecule has 2 aliphatic heterocycles. The smallest absolute Gasteiger partial charge is 0.242 e. The van der Waals surface area contributed by atoms with Crippen molar-refractivity contribution in [1.82, 2.24) is 9.80 Å². The van der Waals surface area contributed by atoms with Gasteiger partial charge in [0.15, 0.2) is 0 Å². The van der Waals surface area contributed by atoms with Crippen molar-refractivity contribution in [2.24, 2.45) is 5.73 Å². The second kappa shape index (κ2) is 5.06. The minimum Gasteiger partial charge on any atom is -0.339 e. The SMILES string of the molecule is CN1C2CCC1CN(C(=O)C1(N)CCCCC1)CC2. The first-order valence-electron chi connectivity index (χ1n) is 7.90. The maximum absolute atomic E-state index is 12.8. The molecule has 2 N–H and O–H groups in total. The molecule has 0 aromatic heterocycles. The minimum atomic E-state index is -0.555. The Morgan fingerprint density at radius 2 is 1.79 bits per heavy atom. The molecule has 0 spiro atoms. The summed E-state index contributed by atoms with van der Waals surface area (Å²) in [6, 6.07) is 1.24. The summed E-state index contributed by atoms with van der Waals surface area (Å²) in [4.78, 5) is 17.4. The van der Waals surface area contributed by atoms with Gasteiger partial charge in [-0.2, -0.15) is 0 Å². The number of rotatable bonds is 1. The van der Waals surface area contributed by atoms with Crippen molar-refractivity contribution < 1.29 is 4.79 Å². The first-order valence-corrected chi connectivity index (χ1v) is 7.90. The van der Waals surface area contributed by atoms with Crippen molar-refractivity contribution in [2.75, 3.05) is 20.1 Å². The Labute approximate surface area is 116 Å². The zero-order valence-electron chi connectivity index (χ0n) is 12.1. The average Bonchev–Trinajstić information content (AvgIpc) is 2.63. The second-order valence-electron chi connectivity index (χ2n) is 6.81. The quantitative estimate of drug-likeness (QED) is 0.778. The number of fused-ring (bicyclic) bond motifs is 2. The molecule has 2 bridgehead atoms. The summed E-state index contributed by atoms with van der Waals surface area (Å²) in [7, 11) is 2.22. The van der Waals surface area contributed by atoms with E-state index in [0.717, 1.165) is 45.2 Å². The lowest BCUT2D eigenvalue weighted by Gasteiger charge is -2.37. The number of hydrogen-bond donors (Lipinski definition) is 1. The standard InChI is InChI=1S/C15H27N3O/c1-17-12-5-6-13(17)11-18(10-7-12)14(19)15(16)8-3-2-4-9-15/h12-13H,2-11,16H2,1H3. The van der Waals surface area contributed by atoms with E-state index in [1.807, 2.05) is 0 Å². The van der Waals surface area contributed by atoms with Crippen molar-refractivity contribution in [2.45, 2.75) is 69.0 Å². The van der Waals surface area contributed by atoms with E-state index in [9.17, 15) is 4.79 Å². The molecule has 2 saturated heterocycles. The molecule has 2 atom stereocenters. The lowest BCUT2D eigenvalue weighted by Crippen LogP contribution is -2.57. The predicted molar refractivity (Wildman–Crippen MR) is 75.8 cm³/mol. The monoisotopic (exact) mass is 265 g/mol. The lowest BCUT2D eigenvalue weighted by molar-refractivity contribution is -0.138. The maximum Gasteiger partial charge on any atom is 0.242 e. The van der Waals surface area contributed by atoms with Crippen LogP contribution in [0.1, 0.15) is 51.4 Å². The van der Waals surface area contributed by atoms with E-state index in [4.69, 9.17) is 5.73 Å². The van der Waals surface area contributed by atoms with Crippen molar-refractivity contribution in [3.05, 3.63) is 0 Å². The highest BCUT2D eigenvalue weighted by Gasteiger charge is 2.42. The van der Waals surface area contributed by atoms with Gasteiger partial charge >= 0.3 is 0 Å². The van der Waals surface area contributed by atoms with Gasteiger partial charge in [-0.15, -0.1) is 0 Å². The highest BCUT2D eigenvalue weighted by molar-refractivity contribution is 5.86. The topological polar surface area (TPSA) is 49.6 Å². The first kappa shape index (κ1) is 13.4. The molecule has 0 aromatic rings. The van der Waals surface area contributed by atoms with Gasteiger partial charge in [-0.3, -0.25) is 9.69 Å². The molecular formula is C15H27N3O. The van der Waals surface area contributed by atoms with E-state index in [1.165, 1.54) is 19.3 Å². The third-order valence-corrected chi connectivity index (χ3v) is 5.61. The van der Waals surface area contributed by atoms with Gasteiger partial charge < -0.3 is 10.6 Å². The molecular weight excluding hydrogens is 238 g/mol. The van der Waals surface area contributed by atoms with Gasteiger partial charge in [0.1, 0.15) is 0 Å². The van der Waals surface area contributed by atoms with Crippen LogP contribution in [0.5, 0.6) is 0 Å². The molecule has 108 valence electrons. The Morgan fingerprint density at radius 3 is 2.53 bits per heavy atom. The van der Waals surface area contributed by atoms with Gasteiger partial charge in [0, 0.05) is 25.2 Å². The summed E-state index contributed by atoms with van der Waals surface area (Å²) in [5.41, 5.74) is 5.86. The van der Waals surface area contributed by atoms with Crippen LogP contribution in [0, 0.1) is 0 Å². The van der Waals surface area contributed by atoms with Crippen LogP contribution in [0.2, 0.25) is 0 Å². The number of likely N-dealkylation sites (tertiary alicyclic amines) is 1. The molecule has 1 aliphatic carbocycles. The summed E-state index contributed by atoms with van der Waals surface area (Å²) in [6.45, 7) is 1.80. The molecule has 1 saturated carbocycles. The van der Waals surface area contributed by atoms with E-state index < -0.39 is 5.54 Å². The zero-order valence-corrected chi connectivity index (χ0v) is 12.1. The number of carbonyl (C=O) groups excluding carboxylic acids is 1. The highest BCUT2D eigenvalue weighted by Crippen LogP contribution is 2.32. The Hall–Kier alpha value is -0.610. The van der Waals surface area contributed by atoms with Crippen molar-refractivity contribution in [3.63, 3.8) is 0 Å². The van der Waals surface area contributed by atoms with Crippen LogP contribution < -0.4 is 5.73 Å². The molecule has 2 heterocycles. The zero-order chi connectivity index (χ0) is 13.5. The third kappa shape index (κ3) is 2.40. The second-order valence-corrected chi connectivity index (χ2v) is 6.81. The minimum absolute atomic E-state index is 0.230. The number of amides is 1. The van der Waals surface area contributed by atoms with Crippen molar-refractivity contribution >= 4 is 5.91 Å². The molecule has 3 fully saturated rings. The fourth-order valence-corrected chi connectivity index (χ4v) is 4.20. The maximum atomic E-state index is 12.8. The highest BCUT2D eigenvalue weighted by atomic mass is 16.2. The van der Waals surface area contributed by atoms with E-state index in [0.29, 0.717) is 12.1 Å². The van der Waals surface area contributed by atoms with Crippen molar-refractivity contribution in [1.29, 1.82) is 0 Å². The third-order valence-electron chi connectivity index (χ3n) is 5.61. The molecule has 0 aromatic carbocycles. The van der Waals surface area contributed by atoms with Crippen molar-refractivity contribution in [3.8, 4) is 0 Å². The summed E-state index contributed by atoms with van der Waals surface area (Å²) in [5, 5.41) is 0. The largest absolute Gasteiger partial charge is 0.339 e. The average molecular weight is 265 g/mol. The summed E-state index contributed by atoms with van der Waals surface area (Å²) in [6.07, 6.45) is 8.89. The predicted octanol–water partition coefficient (Wildman–Crippen LogP) is 1.34. The normalized spacial score (nSPS) is 35.2. The van der Waals surface area contributed by atoms with Gasteiger partial charge in [0.2, 0.25) is 5.91 Å². The number of nitrogens with zero attached hydrogens (tertiary/aromatic N) is 2. The summed E-state index contributed by atoms with van der Waals surface area (Å²) >= 11 is 0. The van der Waals surface area contributed by atoms with Gasteiger partial charge in [0.25, 0.3) is 0 Å². The van der Waals surface area contributed by atoms with Crippen LogP contribution in [0.3, 0.4) is 0 Å². The number of carbonyl (C=O) groups is 1. The Morgan fingerprint density at radius 1 is 1.11 bits per heavy atom. The number of likely N-dealkylation sites (N-methyl/N-ethyl adjacent to an activating group) is 1. The Balaban J connectivity index is 1.70. The molecule has 2 unspecified atom stereocenters. The van der Waals surface area contributed by atoms with E-state index in [-0.39, 0.29) is 5.91 Å². The molecule has 4 nitrogen and oxygen atoms in total.